The summed E-state index contributed by atoms with van der Waals surface area (Å²) in [5.41, 5.74) is 0.358. The monoisotopic (exact) mass is 344 g/mol. The Bertz CT molecular complexity index is 798. The number of nitrogens with one attached hydrogen (secondary N) is 1. The van der Waals surface area contributed by atoms with Crippen molar-refractivity contribution in [1.82, 2.24) is 14.5 Å². The van der Waals surface area contributed by atoms with Gasteiger partial charge in [-0.2, -0.15) is 18.2 Å². The summed E-state index contributed by atoms with van der Waals surface area (Å²) in [5, 5.41) is 3.62. The number of alkyl halides is 3. The van der Waals surface area contributed by atoms with Crippen LogP contribution in [0.2, 0.25) is 5.28 Å². The Kier molecular flexibility index (Phi) is 4.16. The maximum atomic E-state index is 12.4. The molecule has 3 heterocycles. The van der Waals surface area contributed by atoms with Crippen molar-refractivity contribution in [2.24, 2.45) is 0 Å². The highest BCUT2D eigenvalue weighted by Gasteiger charge is 2.27. The molecule has 0 saturated heterocycles. The number of hydrogen-bond donors (Lipinski definition) is 1. The predicted octanol–water partition coefficient (Wildman–Crippen LogP) is 4.24. The summed E-state index contributed by atoms with van der Waals surface area (Å²) >= 11 is 5.88. The Balaban J connectivity index is 1.86. The highest BCUT2D eigenvalue weighted by molar-refractivity contribution is 6.28. The lowest BCUT2D eigenvalue weighted by atomic mass is 10.3. The lowest BCUT2D eigenvalue weighted by Gasteiger charge is -2.09. The highest BCUT2D eigenvalue weighted by atomic mass is 35.5. The smallest absolute Gasteiger partial charge is 0.390 e. The van der Waals surface area contributed by atoms with Gasteiger partial charge in [0.2, 0.25) is 5.28 Å². The zero-order valence-electron chi connectivity index (χ0n) is 11.8. The fourth-order valence-corrected chi connectivity index (χ4v) is 2.35. The number of halogens is 4. The van der Waals surface area contributed by atoms with Gasteiger partial charge in [-0.25, -0.2) is 4.98 Å². The van der Waals surface area contributed by atoms with Gasteiger partial charge in [0.05, 0.1) is 24.6 Å². The van der Waals surface area contributed by atoms with E-state index in [0.717, 1.165) is 0 Å². The molecule has 3 rings (SSSR count). The summed E-state index contributed by atoms with van der Waals surface area (Å²) in [6.07, 6.45) is -2.08. The fraction of sp³-hybridized carbons (Fsp3) is 0.286. The maximum Gasteiger partial charge on any atom is 0.390 e. The third kappa shape index (κ3) is 3.76. The molecule has 0 fully saturated rings. The second-order valence-corrected chi connectivity index (χ2v) is 5.22. The molecule has 0 bridgehead atoms. The predicted molar refractivity (Wildman–Crippen MR) is 79.2 cm³/mol. The lowest BCUT2D eigenvalue weighted by molar-refractivity contribution is -0.136. The van der Waals surface area contributed by atoms with Crippen molar-refractivity contribution in [2.45, 2.75) is 25.7 Å². The minimum absolute atomic E-state index is 0.0357. The third-order valence-corrected chi connectivity index (χ3v) is 3.41. The van der Waals surface area contributed by atoms with Crippen LogP contribution in [0.4, 0.5) is 19.0 Å². The van der Waals surface area contributed by atoms with Gasteiger partial charge in [-0.05, 0) is 29.8 Å². The van der Waals surface area contributed by atoms with Gasteiger partial charge in [-0.15, -0.1) is 0 Å². The molecule has 0 aliphatic rings. The molecule has 0 aliphatic heterocycles. The van der Waals surface area contributed by atoms with Gasteiger partial charge in [0.15, 0.2) is 0 Å². The minimum Gasteiger partial charge on any atom is -0.467 e. The van der Waals surface area contributed by atoms with E-state index >= 15 is 0 Å². The quantitative estimate of drug-likeness (QED) is 0.703. The highest BCUT2D eigenvalue weighted by Crippen LogP contribution is 2.26. The summed E-state index contributed by atoms with van der Waals surface area (Å²) in [4.78, 5) is 8.12. The van der Waals surface area contributed by atoms with E-state index in [1.807, 2.05) is 0 Å². The molecule has 0 amide bonds. The summed E-state index contributed by atoms with van der Waals surface area (Å²) in [6.45, 7) is 0.154. The molecule has 0 radical (unpaired) electrons. The molecule has 5 nitrogen and oxygen atoms in total. The Hall–Kier alpha value is -2.22. The van der Waals surface area contributed by atoms with E-state index in [9.17, 15) is 13.2 Å². The van der Waals surface area contributed by atoms with Crippen LogP contribution in [-0.2, 0) is 13.1 Å². The van der Waals surface area contributed by atoms with Crippen molar-refractivity contribution in [3.05, 3.63) is 41.7 Å². The molecule has 1 N–H and O–H groups in total. The van der Waals surface area contributed by atoms with Crippen LogP contribution >= 0.6 is 11.6 Å². The van der Waals surface area contributed by atoms with Gasteiger partial charge in [0.25, 0.3) is 0 Å². The zero-order valence-corrected chi connectivity index (χ0v) is 12.5. The summed E-state index contributed by atoms with van der Waals surface area (Å²) in [5.74, 6) is 1.14. The standard InChI is InChI=1S/C14H12ClF3N4O/c15-13-20-11(19-8-9-2-1-7-23-9)10-3-5-22(12(10)21-13)6-4-14(16,17)18/h1-3,5,7H,4,6,8H2,(H,19,20,21). The average Bonchev–Trinajstić information content (AvgIpc) is 3.11. The van der Waals surface area contributed by atoms with E-state index in [-0.39, 0.29) is 11.8 Å². The van der Waals surface area contributed by atoms with E-state index in [0.29, 0.717) is 29.2 Å². The van der Waals surface area contributed by atoms with Crippen LogP contribution in [0.15, 0.2) is 35.1 Å². The number of anilines is 1. The Morgan fingerprint density at radius 2 is 2.09 bits per heavy atom. The molecule has 0 saturated carbocycles. The molecule has 0 aromatic carbocycles. The third-order valence-electron chi connectivity index (χ3n) is 3.24. The zero-order chi connectivity index (χ0) is 16.4. The van der Waals surface area contributed by atoms with Gasteiger partial charge in [-0.1, -0.05) is 0 Å². The molecule has 3 aromatic rings. The molecule has 0 unspecified atom stereocenters. The van der Waals surface area contributed by atoms with Crippen molar-refractivity contribution < 1.29 is 17.6 Å². The van der Waals surface area contributed by atoms with Crippen molar-refractivity contribution >= 4 is 28.5 Å². The van der Waals surface area contributed by atoms with Crippen LogP contribution in [-0.4, -0.2) is 20.7 Å². The Morgan fingerprint density at radius 1 is 1.26 bits per heavy atom. The van der Waals surface area contributed by atoms with Crippen molar-refractivity contribution in [1.29, 1.82) is 0 Å². The van der Waals surface area contributed by atoms with E-state index in [2.05, 4.69) is 15.3 Å². The Labute approximate surface area is 134 Å². The van der Waals surface area contributed by atoms with Crippen LogP contribution < -0.4 is 5.32 Å². The van der Waals surface area contributed by atoms with Crippen molar-refractivity contribution in [3.8, 4) is 0 Å². The summed E-state index contributed by atoms with van der Waals surface area (Å²) < 4.78 is 43.8. The number of nitrogens with zero attached hydrogens (tertiary/aromatic N) is 3. The van der Waals surface area contributed by atoms with Crippen LogP contribution in [0.3, 0.4) is 0 Å². The molecule has 3 aromatic heterocycles. The number of aryl methyl sites for hydroxylation is 1. The molecule has 23 heavy (non-hydrogen) atoms. The molecular weight excluding hydrogens is 333 g/mol. The second-order valence-electron chi connectivity index (χ2n) is 4.89. The van der Waals surface area contributed by atoms with Gasteiger partial charge in [-0.3, -0.25) is 0 Å². The van der Waals surface area contributed by atoms with Gasteiger partial charge >= 0.3 is 6.18 Å². The van der Waals surface area contributed by atoms with E-state index in [1.54, 1.807) is 30.7 Å². The number of aromatic nitrogens is 3. The largest absolute Gasteiger partial charge is 0.467 e. The lowest BCUT2D eigenvalue weighted by Crippen LogP contribution is -2.12. The molecule has 9 heteroatoms. The second kappa shape index (κ2) is 6.11. The first-order chi connectivity index (χ1) is 10.9. The van der Waals surface area contributed by atoms with Crippen molar-refractivity contribution in [2.75, 3.05) is 5.32 Å². The summed E-state index contributed by atoms with van der Waals surface area (Å²) in [6, 6.07) is 5.21. The molecule has 0 aliphatic carbocycles. The molecular formula is C14H12ClF3N4O. The number of hydrogen-bond acceptors (Lipinski definition) is 4. The first-order valence-electron chi connectivity index (χ1n) is 6.78. The van der Waals surface area contributed by atoms with Gasteiger partial charge < -0.3 is 14.3 Å². The van der Waals surface area contributed by atoms with E-state index < -0.39 is 12.6 Å². The van der Waals surface area contributed by atoms with Gasteiger partial charge in [0.1, 0.15) is 17.2 Å². The molecule has 0 atom stereocenters. The van der Waals surface area contributed by atoms with E-state index in [4.69, 9.17) is 16.0 Å². The number of rotatable bonds is 5. The van der Waals surface area contributed by atoms with Crippen LogP contribution in [0.25, 0.3) is 11.0 Å². The minimum atomic E-state index is -4.23. The fourth-order valence-electron chi connectivity index (χ4n) is 2.18. The van der Waals surface area contributed by atoms with Crippen LogP contribution in [0.1, 0.15) is 12.2 Å². The maximum absolute atomic E-state index is 12.4. The van der Waals surface area contributed by atoms with Crippen LogP contribution in [0, 0.1) is 0 Å². The van der Waals surface area contributed by atoms with Gasteiger partial charge in [0, 0.05) is 12.7 Å². The van der Waals surface area contributed by atoms with Crippen LogP contribution in [0.5, 0.6) is 0 Å². The Morgan fingerprint density at radius 3 is 2.78 bits per heavy atom. The first kappa shape index (κ1) is 15.7. The first-order valence-corrected chi connectivity index (χ1v) is 7.15. The number of fused-ring (bicyclic) bond motifs is 1. The summed E-state index contributed by atoms with van der Waals surface area (Å²) in [7, 11) is 0. The van der Waals surface area contributed by atoms with E-state index in [1.165, 1.54) is 4.57 Å². The number of furan rings is 1. The molecule has 0 spiro atoms. The SMILES string of the molecule is FC(F)(F)CCn1ccc2c(NCc3ccco3)nc(Cl)nc21. The normalized spacial score (nSPS) is 12.0. The average molecular weight is 345 g/mol. The topological polar surface area (TPSA) is 55.9 Å². The van der Waals surface area contributed by atoms with Crippen molar-refractivity contribution in [3.63, 3.8) is 0 Å². The molecule has 122 valence electrons.